The van der Waals surface area contributed by atoms with Gasteiger partial charge >= 0.3 is 0 Å². The molecule has 2 aromatic rings. The first-order valence-corrected chi connectivity index (χ1v) is 7.82. The molecule has 5 nitrogen and oxygen atoms in total. The quantitative estimate of drug-likeness (QED) is 0.812. The molecule has 0 amide bonds. The normalized spacial score (nSPS) is 10.9. The number of nitrogens with zero attached hydrogens (tertiary/aromatic N) is 1. The van der Waals surface area contributed by atoms with Crippen LogP contribution in [0.1, 0.15) is 5.56 Å². The standard InChI is InChI=1S/C13H8BrFN2O3S/c14-10-2-1-3-12(13(10)18)17-21(19,20)9-4-5-11(15)8(6-9)7-16/h1-6,17-18H. The van der Waals surface area contributed by atoms with Gasteiger partial charge in [-0.05, 0) is 46.3 Å². The number of nitrogens with one attached hydrogen (secondary N) is 1. The third-order valence-corrected chi connectivity index (χ3v) is 4.60. The number of halogens is 2. The molecule has 0 radical (unpaired) electrons. The van der Waals surface area contributed by atoms with Crippen molar-refractivity contribution < 1.29 is 17.9 Å². The van der Waals surface area contributed by atoms with Gasteiger partial charge in [0.25, 0.3) is 10.0 Å². The molecule has 0 aromatic heterocycles. The van der Waals surface area contributed by atoms with Gasteiger partial charge in [-0.25, -0.2) is 12.8 Å². The maximum atomic E-state index is 13.2. The van der Waals surface area contributed by atoms with Crippen molar-refractivity contribution >= 4 is 31.6 Å². The first-order chi connectivity index (χ1) is 9.85. The van der Waals surface area contributed by atoms with Gasteiger partial charge < -0.3 is 5.11 Å². The Hall–Kier alpha value is -2.11. The summed E-state index contributed by atoms with van der Waals surface area (Å²) in [6.45, 7) is 0. The van der Waals surface area contributed by atoms with Gasteiger partial charge in [0.05, 0.1) is 20.6 Å². The Morgan fingerprint density at radius 3 is 2.67 bits per heavy atom. The number of nitriles is 1. The third kappa shape index (κ3) is 3.15. The van der Waals surface area contributed by atoms with Gasteiger partial charge in [-0.1, -0.05) is 6.07 Å². The lowest BCUT2D eigenvalue weighted by Gasteiger charge is -2.10. The van der Waals surface area contributed by atoms with E-state index in [1.165, 1.54) is 12.1 Å². The van der Waals surface area contributed by atoms with Gasteiger partial charge in [0.15, 0.2) is 5.75 Å². The molecule has 0 saturated heterocycles. The van der Waals surface area contributed by atoms with Crippen molar-refractivity contribution in [1.82, 2.24) is 0 Å². The zero-order chi connectivity index (χ0) is 15.6. The van der Waals surface area contributed by atoms with Gasteiger partial charge in [0.1, 0.15) is 11.9 Å². The second-order valence-corrected chi connectivity index (χ2v) is 6.53. The lowest BCUT2D eigenvalue weighted by atomic mass is 10.2. The molecule has 0 aliphatic heterocycles. The highest BCUT2D eigenvalue weighted by molar-refractivity contribution is 9.10. The summed E-state index contributed by atoms with van der Waals surface area (Å²) in [5.74, 6) is -1.08. The summed E-state index contributed by atoms with van der Waals surface area (Å²) in [6, 6.07) is 8.87. The van der Waals surface area contributed by atoms with Crippen molar-refractivity contribution in [2.75, 3.05) is 4.72 Å². The molecule has 0 saturated carbocycles. The van der Waals surface area contributed by atoms with Crippen LogP contribution in [0.3, 0.4) is 0 Å². The van der Waals surface area contributed by atoms with E-state index in [1.807, 2.05) is 0 Å². The van der Waals surface area contributed by atoms with E-state index >= 15 is 0 Å². The van der Waals surface area contributed by atoms with Crippen molar-refractivity contribution in [1.29, 1.82) is 5.26 Å². The summed E-state index contributed by atoms with van der Waals surface area (Å²) in [6.07, 6.45) is 0. The van der Waals surface area contributed by atoms with Crippen LogP contribution in [0.15, 0.2) is 45.8 Å². The average molecular weight is 371 g/mol. The van der Waals surface area contributed by atoms with Crippen molar-refractivity contribution in [3.05, 3.63) is 52.3 Å². The molecule has 2 N–H and O–H groups in total. The number of phenolic OH excluding ortho intramolecular Hbond substituents is 1. The fraction of sp³-hybridized carbons (Fsp3) is 0. The minimum absolute atomic E-state index is 0.0350. The van der Waals surface area contributed by atoms with Crippen LogP contribution in [0.2, 0.25) is 0 Å². The van der Waals surface area contributed by atoms with E-state index in [9.17, 15) is 17.9 Å². The SMILES string of the molecule is N#Cc1cc(S(=O)(=O)Nc2cccc(Br)c2O)ccc1F. The predicted molar refractivity (Wildman–Crippen MR) is 77.7 cm³/mol. The van der Waals surface area contributed by atoms with Crippen LogP contribution in [0.25, 0.3) is 0 Å². The second-order valence-electron chi connectivity index (χ2n) is 3.99. The smallest absolute Gasteiger partial charge is 0.262 e. The molecule has 0 spiro atoms. The van der Waals surface area contributed by atoms with E-state index in [-0.39, 0.29) is 21.9 Å². The zero-order valence-electron chi connectivity index (χ0n) is 10.3. The Morgan fingerprint density at radius 2 is 2.00 bits per heavy atom. The summed E-state index contributed by atoms with van der Waals surface area (Å²) in [4.78, 5) is -0.278. The topological polar surface area (TPSA) is 90.2 Å². The largest absolute Gasteiger partial charge is 0.505 e. The highest BCUT2D eigenvalue weighted by Gasteiger charge is 2.18. The lowest BCUT2D eigenvalue weighted by Crippen LogP contribution is -2.13. The summed E-state index contributed by atoms with van der Waals surface area (Å²) >= 11 is 3.06. The van der Waals surface area contributed by atoms with E-state index < -0.39 is 15.8 Å². The van der Waals surface area contributed by atoms with Crippen molar-refractivity contribution in [3.8, 4) is 11.8 Å². The van der Waals surface area contributed by atoms with E-state index in [2.05, 4.69) is 20.7 Å². The fourth-order valence-corrected chi connectivity index (χ4v) is 3.02. The number of hydrogen-bond acceptors (Lipinski definition) is 4. The van der Waals surface area contributed by atoms with Crippen LogP contribution >= 0.6 is 15.9 Å². The van der Waals surface area contributed by atoms with E-state index in [4.69, 9.17) is 5.26 Å². The number of anilines is 1. The summed E-state index contributed by atoms with van der Waals surface area (Å²) < 4.78 is 40.1. The molecular formula is C13H8BrFN2O3S. The molecule has 0 atom stereocenters. The average Bonchev–Trinajstić information content (AvgIpc) is 2.44. The molecule has 0 unspecified atom stereocenters. The number of sulfonamides is 1. The zero-order valence-corrected chi connectivity index (χ0v) is 12.7. The number of para-hydroxylation sites is 1. The summed E-state index contributed by atoms with van der Waals surface area (Å²) in [5, 5.41) is 18.5. The van der Waals surface area contributed by atoms with Crippen LogP contribution in [0, 0.1) is 17.1 Å². The minimum Gasteiger partial charge on any atom is -0.505 e. The molecule has 2 rings (SSSR count). The Labute approximate surface area is 128 Å². The van der Waals surface area contributed by atoms with Crippen LogP contribution in [0.4, 0.5) is 10.1 Å². The molecule has 0 fully saturated rings. The van der Waals surface area contributed by atoms with E-state index in [1.54, 1.807) is 12.1 Å². The van der Waals surface area contributed by atoms with Crippen molar-refractivity contribution in [2.45, 2.75) is 4.90 Å². The molecule has 2 aromatic carbocycles. The van der Waals surface area contributed by atoms with Crippen LogP contribution in [-0.2, 0) is 10.0 Å². The number of phenols is 1. The monoisotopic (exact) mass is 370 g/mol. The predicted octanol–water partition coefficient (Wildman–Crippen LogP) is 2.97. The van der Waals surface area contributed by atoms with Crippen LogP contribution < -0.4 is 4.72 Å². The molecule has 0 aliphatic rings. The molecule has 21 heavy (non-hydrogen) atoms. The van der Waals surface area contributed by atoms with E-state index in [0.717, 1.165) is 18.2 Å². The van der Waals surface area contributed by atoms with E-state index in [0.29, 0.717) is 4.47 Å². The van der Waals surface area contributed by atoms with Gasteiger partial charge in [-0.2, -0.15) is 5.26 Å². The van der Waals surface area contributed by atoms with Crippen molar-refractivity contribution in [3.63, 3.8) is 0 Å². The molecular weight excluding hydrogens is 363 g/mol. The highest BCUT2D eigenvalue weighted by atomic mass is 79.9. The Kier molecular flexibility index (Phi) is 4.16. The first kappa shape index (κ1) is 15.3. The molecule has 0 heterocycles. The minimum atomic E-state index is -4.05. The van der Waals surface area contributed by atoms with Gasteiger partial charge in [0.2, 0.25) is 0 Å². The Bertz CT molecular complexity index is 847. The highest BCUT2D eigenvalue weighted by Crippen LogP contribution is 2.33. The second kappa shape index (κ2) is 5.71. The maximum absolute atomic E-state index is 13.2. The number of rotatable bonds is 3. The Morgan fingerprint density at radius 1 is 1.29 bits per heavy atom. The van der Waals surface area contributed by atoms with Gasteiger partial charge in [0, 0.05) is 0 Å². The van der Waals surface area contributed by atoms with Gasteiger partial charge in [-0.3, -0.25) is 4.72 Å². The molecule has 0 bridgehead atoms. The third-order valence-electron chi connectivity index (χ3n) is 2.60. The maximum Gasteiger partial charge on any atom is 0.262 e. The van der Waals surface area contributed by atoms with Crippen molar-refractivity contribution in [2.24, 2.45) is 0 Å². The number of benzene rings is 2. The fourth-order valence-electron chi connectivity index (χ4n) is 1.56. The summed E-state index contributed by atoms with van der Waals surface area (Å²) in [5.41, 5.74) is -0.413. The number of hydrogen-bond donors (Lipinski definition) is 2. The van der Waals surface area contributed by atoms with Gasteiger partial charge in [-0.15, -0.1) is 0 Å². The first-order valence-electron chi connectivity index (χ1n) is 5.55. The summed E-state index contributed by atoms with van der Waals surface area (Å²) in [7, 11) is -4.05. The molecule has 108 valence electrons. The van der Waals surface area contributed by atoms with Crippen LogP contribution in [0.5, 0.6) is 5.75 Å². The number of aromatic hydroxyl groups is 1. The molecule has 8 heteroatoms. The lowest BCUT2D eigenvalue weighted by molar-refractivity contribution is 0.474. The Balaban J connectivity index is 2.44. The molecule has 0 aliphatic carbocycles. The van der Waals surface area contributed by atoms with Crippen LogP contribution in [-0.4, -0.2) is 13.5 Å².